The van der Waals surface area contributed by atoms with Crippen molar-refractivity contribution in [2.45, 2.75) is 13.3 Å². The number of carboxylic acid groups (broad SMARTS) is 1. The van der Waals surface area contributed by atoms with Crippen LogP contribution in [0, 0.1) is 0 Å². The molecule has 0 saturated carbocycles. The zero-order chi connectivity index (χ0) is 13.1. The lowest BCUT2D eigenvalue weighted by Crippen LogP contribution is -2.30. The average molecular weight is 251 g/mol. The molecule has 18 heavy (non-hydrogen) atoms. The van der Waals surface area contributed by atoms with Gasteiger partial charge >= 0.3 is 5.97 Å². The van der Waals surface area contributed by atoms with Gasteiger partial charge in [0, 0.05) is 25.2 Å². The molecule has 1 aliphatic rings. The summed E-state index contributed by atoms with van der Waals surface area (Å²) in [5.41, 5.74) is 0.605. The predicted octanol–water partition coefficient (Wildman–Crippen LogP) is 1.24. The number of amides is 1. The minimum atomic E-state index is -0.943. The lowest BCUT2D eigenvalue weighted by atomic mass is 10.2. The smallest absolute Gasteiger partial charge is 0.305 e. The van der Waals surface area contributed by atoms with Crippen molar-refractivity contribution in [1.82, 2.24) is 0 Å². The van der Waals surface area contributed by atoms with Gasteiger partial charge in [-0.2, -0.15) is 0 Å². The molecule has 1 aliphatic heterocycles. The number of carbonyl (C=O) groups is 2. The molecule has 0 aromatic heterocycles. The Bertz CT molecular complexity index is 485. The number of hydrogen-bond donors (Lipinski definition) is 1. The molecule has 1 N–H and O–H groups in total. The molecular weight excluding hydrogens is 238 g/mol. The first kappa shape index (κ1) is 12.2. The zero-order valence-electron chi connectivity index (χ0n) is 9.88. The maximum absolute atomic E-state index is 11.5. The third-order valence-corrected chi connectivity index (χ3v) is 2.60. The van der Waals surface area contributed by atoms with E-state index in [1.807, 2.05) is 0 Å². The van der Waals surface area contributed by atoms with Crippen molar-refractivity contribution in [2.75, 3.05) is 18.2 Å². The maximum atomic E-state index is 11.5. The summed E-state index contributed by atoms with van der Waals surface area (Å²) < 4.78 is 10.4. The monoisotopic (exact) mass is 251 g/mol. The molecule has 0 saturated heterocycles. The van der Waals surface area contributed by atoms with Crippen molar-refractivity contribution in [3.63, 3.8) is 0 Å². The molecule has 96 valence electrons. The van der Waals surface area contributed by atoms with Crippen LogP contribution in [0.15, 0.2) is 18.2 Å². The maximum Gasteiger partial charge on any atom is 0.305 e. The summed E-state index contributed by atoms with van der Waals surface area (Å²) in [5, 5.41) is 8.66. The van der Waals surface area contributed by atoms with E-state index in [-0.39, 0.29) is 25.7 Å². The van der Waals surface area contributed by atoms with Crippen LogP contribution in [-0.4, -0.2) is 30.3 Å². The Hall–Kier alpha value is -2.24. The Morgan fingerprint density at radius 1 is 1.33 bits per heavy atom. The van der Waals surface area contributed by atoms with Crippen LogP contribution in [-0.2, 0) is 9.59 Å². The van der Waals surface area contributed by atoms with Gasteiger partial charge in [-0.15, -0.1) is 0 Å². The van der Waals surface area contributed by atoms with Crippen molar-refractivity contribution >= 4 is 17.6 Å². The molecule has 6 heteroatoms. The van der Waals surface area contributed by atoms with E-state index < -0.39 is 5.97 Å². The summed E-state index contributed by atoms with van der Waals surface area (Å²) in [6.07, 6.45) is -0.103. The number of anilines is 1. The lowest BCUT2D eigenvalue weighted by molar-refractivity contribution is -0.136. The van der Waals surface area contributed by atoms with Crippen LogP contribution in [0.2, 0.25) is 0 Å². The van der Waals surface area contributed by atoms with Crippen LogP contribution in [0.1, 0.15) is 13.3 Å². The Balaban J connectivity index is 2.20. The second-order valence-corrected chi connectivity index (χ2v) is 3.85. The van der Waals surface area contributed by atoms with E-state index in [0.717, 1.165) is 0 Å². The van der Waals surface area contributed by atoms with Gasteiger partial charge in [-0.05, 0) is 12.1 Å². The van der Waals surface area contributed by atoms with Crippen molar-refractivity contribution in [1.29, 1.82) is 0 Å². The highest BCUT2D eigenvalue weighted by atomic mass is 16.7. The van der Waals surface area contributed by atoms with Gasteiger partial charge in [0.1, 0.15) is 0 Å². The predicted molar refractivity (Wildman–Crippen MR) is 62.8 cm³/mol. The minimum absolute atomic E-state index is 0.103. The normalized spacial score (nSPS) is 12.3. The second kappa shape index (κ2) is 4.95. The van der Waals surface area contributed by atoms with Crippen LogP contribution in [0.4, 0.5) is 5.69 Å². The minimum Gasteiger partial charge on any atom is -0.481 e. The number of aliphatic carboxylic acids is 1. The molecule has 0 spiro atoms. The number of rotatable bonds is 4. The Labute approximate surface area is 104 Å². The van der Waals surface area contributed by atoms with Crippen LogP contribution >= 0.6 is 0 Å². The molecule has 0 aliphatic carbocycles. The number of nitrogens with zero attached hydrogens (tertiary/aromatic N) is 1. The quantitative estimate of drug-likeness (QED) is 0.871. The van der Waals surface area contributed by atoms with Gasteiger partial charge in [0.25, 0.3) is 0 Å². The molecule has 1 heterocycles. The summed E-state index contributed by atoms with van der Waals surface area (Å²) in [7, 11) is 0. The van der Waals surface area contributed by atoms with Gasteiger partial charge in [-0.1, -0.05) is 0 Å². The van der Waals surface area contributed by atoms with E-state index in [2.05, 4.69) is 0 Å². The van der Waals surface area contributed by atoms with Gasteiger partial charge in [-0.25, -0.2) is 0 Å². The third-order valence-electron chi connectivity index (χ3n) is 2.60. The van der Waals surface area contributed by atoms with Crippen molar-refractivity contribution < 1.29 is 24.2 Å². The van der Waals surface area contributed by atoms with E-state index in [1.54, 1.807) is 18.2 Å². The lowest BCUT2D eigenvalue weighted by Gasteiger charge is -2.20. The molecule has 0 fully saturated rings. The van der Waals surface area contributed by atoms with Crippen LogP contribution in [0.3, 0.4) is 0 Å². The summed E-state index contributed by atoms with van der Waals surface area (Å²) in [6.45, 7) is 1.69. The fraction of sp³-hybridized carbons (Fsp3) is 0.333. The molecule has 1 aromatic carbocycles. The summed E-state index contributed by atoms with van der Waals surface area (Å²) >= 11 is 0. The van der Waals surface area contributed by atoms with Gasteiger partial charge in [-0.3, -0.25) is 9.59 Å². The number of ether oxygens (including phenoxy) is 2. The fourth-order valence-corrected chi connectivity index (χ4v) is 1.73. The summed E-state index contributed by atoms with van der Waals surface area (Å²) in [4.78, 5) is 23.5. The highest BCUT2D eigenvalue weighted by molar-refractivity contribution is 5.92. The van der Waals surface area contributed by atoms with Crippen molar-refractivity contribution in [2.24, 2.45) is 0 Å². The molecule has 0 atom stereocenters. The second-order valence-electron chi connectivity index (χ2n) is 3.85. The molecule has 0 unspecified atom stereocenters. The van der Waals surface area contributed by atoms with Crippen LogP contribution < -0.4 is 14.4 Å². The Kier molecular flexibility index (Phi) is 3.36. The number of benzene rings is 1. The highest BCUT2D eigenvalue weighted by Crippen LogP contribution is 2.35. The van der Waals surface area contributed by atoms with E-state index in [9.17, 15) is 9.59 Å². The van der Waals surface area contributed by atoms with Crippen molar-refractivity contribution in [3.05, 3.63) is 18.2 Å². The fourth-order valence-electron chi connectivity index (χ4n) is 1.73. The SMILES string of the molecule is CC(=O)N(CCC(=O)O)c1ccc2c(c1)OCO2. The Morgan fingerprint density at radius 2 is 2.06 bits per heavy atom. The summed E-state index contributed by atoms with van der Waals surface area (Å²) in [5.74, 6) is 0.0340. The van der Waals surface area contributed by atoms with E-state index in [4.69, 9.17) is 14.6 Å². The summed E-state index contributed by atoms with van der Waals surface area (Å²) in [6, 6.07) is 5.08. The largest absolute Gasteiger partial charge is 0.481 e. The number of fused-ring (bicyclic) bond motifs is 1. The van der Waals surface area contributed by atoms with Crippen LogP contribution in [0.5, 0.6) is 11.5 Å². The van der Waals surface area contributed by atoms with Gasteiger partial charge in [0.15, 0.2) is 11.5 Å². The number of hydrogen-bond acceptors (Lipinski definition) is 4. The molecule has 1 aromatic rings. The Morgan fingerprint density at radius 3 is 2.72 bits per heavy atom. The zero-order valence-corrected chi connectivity index (χ0v) is 9.88. The third kappa shape index (κ3) is 2.53. The molecule has 0 radical (unpaired) electrons. The number of carboxylic acids is 1. The van der Waals surface area contributed by atoms with Gasteiger partial charge in [0.05, 0.1) is 6.42 Å². The van der Waals surface area contributed by atoms with Crippen molar-refractivity contribution in [3.8, 4) is 11.5 Å². The first-order valence-electron chi connectivity index (χ1n) is 5.47. The molecule has 1 amide bonds. The standard InChI is InChI=1S/C12H13NO5/c1-8(14)13(5-4-12(15)16)9-2-3-10-11(6-9)18-7-17-10/h2-3,6H,4-5,7H2,1H3,(H,15,16). The van der Waals surface area contributed by atoms with E-state index >= 15 is 0 Å². The van der Waals surface area contributed by atoms with Crippen LogP contribution in [0.25, 0.3) is 0 Å². The topological polar surface area (TPSA) is 76.1 Å². The van der Waals surface area contributed by atoms with E-state index in [1.165, 1.54) is 11.8 Å². The first-order chi connectivity index (χ1) is 8.58. The first-order valence-corrected chi connectivity index (χ1v) is 5.47. The van der Waals surface area contributed by atoms with Gasteiger partial charge < -0.3 is 19.5 Å². The molecule has 0 bridgehead atoms. The molecular formula is C12H13NO5. The molecule has 2 rings (SSSR count). The van der Waals surface area contributed by atoms with E-state index in [0.29, 0.717) is 17.2 Å². The van der Waals surface area contributed by atoms with Gasteiger partial charge in [0.2, 0.25) is 12.7 Å². The number of carbonyl (C=O) groups excluding carboxylic acids is 1. The average Bonchev–Trinajstić information content (AvgIpc) is 2.75. The molecule has 6 nitrogen and oxygen atoms in total. The highest BCUT2D eigenvalue weighted by Gasteiger charge is 2.18.